The molecule has 0 fully saturated rings. The maximum atomic E-state index is 11.4. The molecule has 1 atom stereocenters. The summed E-state index contributed by atoms with van der Waals surface area (Å²) in [5, 5.41) is 12.0. The molecule has 16 heavy (non-hydrogen) atoms. The Morgan fingerprint density at radius 2 is 2.31 bits per heavy atom. The van der Waals surface area contributed by atoms with E-state index in [0.29, 0.717) is 5.69 Å². The predicted molar refractivity (Wildman–Crippen MR) is 61.2 cm³/mol. The summed E-state index contributed by atoms with van der Waals surface area (Å²) in [6.45, 7) is 3.54. The minimum absolute atomic E-state index is 0.0502. The molecule has 0 aromatic carbocycles. The maximum Gasteiger partial charge on any atom is 0.229 e. The number of nitrogens with one attached hydrogen (secondary N) is 1. The van der Waals surface area contributed by atoms with Gasteiger partial charge in [0.2, 0.25) is 11.9 Å². The molecule has 1 rings (SSSR count). The third kappa shape index (κ3) is 3.43. The Kier molecular flexibility index (Phi) is 4.64. The SMILES string of the molecule is CC(C)C(=O)Nc1nccc([C@@H](O)CCl)n1. The van der Waals surface area contributed by atoms with Crippen molar-refractivity contribution >= 4 is 23.5 Å². The maximum absolute atomic E-state index is 11.4. The van der Waals surface area contributed by atoms with Gasteiger partial charge in [0.05, 0.1) is 11.6 Å². The number of aromatic nitrogens is 2. The van der Waals surface area contributed by atoms with Crippen molar-refractivity contribution in [3.8, 4) is 0 Å². The summed E-state index contributed by atoms with van der Waals surface area (Å²) in [5.74, 6) is -0.0859. The van der Waals surface area contributed by atoms with Crippen molar-refractivity contribution in [2.45, 2.75) is 20.0 Å². The van der Waals surface area contributed by atoms with Gasteiger partial charge < -0.3 is 5.11 Å². The van der Waals surface area contributed by atoms with E-state index in [2.05, 4.69) is 15.3 Å². The number of nitrogens with zero attached hydrogens (tertiary/aromatic N) is 2. The Bertz CT molecular complexity index is 371. The van der Waals surface area contributed by atoms with Crippen LogP contribution >= 0.6 is 11.6 Å². The Morgan fingerprint density at radius 3 is 2.88 bits per heavy atom. The van der Waals surface area contributed by atoms with E-state index >= 15 is 0 Å². The van der Waals surface area contributed by atoms with Crippen LogP contribution in [0.25, 0.3) is 0 Å². The van der Waals surface area contributed by atoms with E-state index in [4.69, 9.17) is 11.6 Å². The second kappa shape index (κ2) is 5.77. The van der Waals surface area contributed by atoms with E-state index in [-0.39, 0.29) is 23.7 Å². The van der Waals surface area contributed by atoms with E-state index in [1.165, 1.54) is 6.20 Å². The zero-order chi connectivity index (χ0) is 12.1. The second-order valence-corrected chi connectivity index (χ2v) is 3.93. The van der Waals surface area contributed by atoms with Gasteiger partial charge in [-0.05, 0) is 6.07 Å². The molecule has 0 aliphatic rings. The van der Waals surface area contributed by atoms with Crippen molar-refractivity contribution in [3.63, 3.8) is 0 Å². The van der Waals surface area contributed by atoms with Gasteiger partial charge in [-0.2, -0.15) is 0 Å². The van der Waals surface area contributed by atoms with Gasteiger partial charge in [-0.3, -0.25) is 10.1 Å². The molecule has 1 amide bonds. The largest absolute Gasteiger partial charge is 0.386 e. The number of amides is 1. The van der Waals surface area contributed by atoms with Crippen LogP contribution in [-0.4, -0.2) is 26.9 Å². The number of anilines is 1. The number of aliphatic hydroxyl groups is 1. The van der Waals surface area contributed by atoms with Crippen molar-refractivity contribution in [2.24, 2.45) is 5.92 Å². The normalized spacial score (nSPS) is 12.6. The minimum Gasteiger partial charge on any atom is -0.386 e. The first-order chi connectivity index (χ1) is 7.54. The zero-order valence-corrected chi connectivity index (χ0v) is 9.90. The molecule has 0 saturated heterocycles. The van der Waals surface area contributed by atoms with Gasteiger partial charge in [-0.25, -0.2) is 9.97 Å². The fourth-order valence-electron chi connectivity index (χ4n) is 0.952. The molecule has 0 spiro atoms. The molecule has 5 nitrogen and oxygen atoms in total. The van der Waals surface area contributed by atoms with Crippen LogP contribution in [0.2, 0.25) is 0 Å². The van der Waals surface area contributed by atoms with Crippen molar-refractivity contribution in [3.05, 3.63) is 18.0 Å². The smallest absolute Gasteiger partial charge is 0.229 e. The number of aliphatic hydroxyl groups excluding tert-OH is 1. The fraction of sp³-hybridized carbons (Fsp3) is 0.500. The van der Waals surface area contributed by atoms with Gasteiger partial charge in [-0.1, -0.05) is 13.8 Å². The van der Waals surface area contributed by atoms with Crippen LogP contribution in [0.4, 0.5) is 5.95 Å². The Morgan fingerprint density at radius 1 is 1.62 bits per heavy atom. The van der Waals surface area contributed by atoms with Gasteiger partial charge in [0, 0.05) is 12.1 Å². The molecule has 0 saturated carbocycles. The number of halogens is 1. The molecule has 1 aromatic rings. The Balaban J connectivity index is 2.78. The molecule has 0 bridgehead atoms. The summed E-state index contributed by atoms with van der Waals surface area (Å²) in [7, 11) is 0. The number of hydrogen-bond acceptors (Lipinski definition) is 4. The summed E-state index contributed by atoms with van der Waals surface area (Å²) in [5.41, 5.74) is 0.393. The van der Waals surface area contributed by atoms with Crippen molar-refractivity contribution < 1.29 is 9.90 Å². The molecular weight excluding hydrogens is 230 g/mol. The van der Waals surface area contributed by atoms with Gasteiger partial charge in [-0.15, -0.1) is 11.6 Å². The highest BCUT2D eigenvalue weighted by Gasteiger charge is 2.12. The third-order valence-electron chi connectivity index (χ3n) is 1.92. The van der Waals surface area contributed by atoms with Crippen molar-refractivity contribution in [1.29, 1.82) is 0 Å². The summed E-state index contributed by atoms with van der Waals surface area (Å²) in [6.07, 6.45) is 0.619. The number of carbonyl (C=O) groups is 1. The highest BCUT2D eigenvalue weighted by atomic mass is 35.5. The molecule has 0 aliphatic heterocycles. The number of hydrogen-bond donors (Lipinski definition) is 2. The first-order valence-electron chi connectivity index (χ1n) is 4.92. The van der Waals surface area contributed by atoms with E-state index in [1.54, 1.807) is 19.9 Å². The van der Waals surface area contributed by atoms with Crippen LogP contribution in [-0.2, 0) is 4.79 Å². The molecular formula is C10H14ClN3O2. The molecule has 0 radical (unpaired) electrons. The first kappa shape index (κ1) is 12.9. The minimum atomic E-state index is -0.848. The highest BCUT2D eigenvalue weighted by Crippen LogP contribution is 2.12. The van der Waals surface area contributed by atoms with Crippen LogP contribution < -0.4 is 5.32 Å². The second-order valence-electron chi connectivity index (χ2n) is 3.62. The highest BCUT2D eigenvalue weighted by molar-refractivity contribution is 6.18. The van der Waals surface area contributed by atoms with Crippen LogP contribution in [0.5, 0.6) is 0 Å². The molecule has 0 aliphatic carbocycles. The number of rotatable bonds is 4. The molecule has 6 heteroatoms. The van der Waals surface area contributed by atoms with E-state index in [9.17, 15) is 9.90 Å². The lowest BCUT2D eigenvalue weighted by Gasteiger charge is -2.09. The van der Waals surface area contributed by atoms with Crippen LogP contribution in [0, 0.1) is 5.92 Å². The lowest BCUT2D eigenvalue weighted by atomic mass is 10.2. The lowest BCUT2D eigenvalue weighted by Crippen LogP contribution is -2.20. The third-order valence-corrected chi connectivity index (χ3v) is 2.22. The van der Waals surface area contributed by atoms with Crippen molar-refractivity contribution in [1.82, 2.24) is 9.97 Å². The monoisotopic (exact) mass is 243 g/mol. The van der Waals surface area contributed by atoms with Gasteiger partial charge >= 0.3 is 0 Å². The Hall–Kier alpha value is -1.20. The average Bonchev–Trinajstić information content (AvgIpc) is 2.28. The van der Waals surface area contributed by atoms with Gasteiger partial charge in [0.15, 0.2) is 0 Å². The van der Waals surface area contributed by atoms with E-state index in [0.717, 1.165) is 0 Å². The molecule has 88 valence electrons. The summed E-state index contributed by atoms with van der Waals surface area (Å²) in [4.78, 5) is 19.3. The topological polar surface area (TPSA) is 75.1 Å². The van der Waals surface area contributed by atoms with Crippen LogP contribution in [0.15, 0.2) is 12.3 Å². The zero-order valence-electron chi connectivity index (χ0n) is 9.14. The Labute approximate surface area is 98.9 Å². The molecule has 0 unspecified atom stereocenters. The molecule has 2 N–H and O–H groups in total. The predicted octanol–water partition coefficient (Wildman–Crippen LogP) is 1.34. The van der Waals surface area contributed by atoms with Crippen LogP contribution in [0.1, 0.15) is 25.6 Å². The summed E-state index contributed by atoms with van der Waals surface area (Å²) in [6, 6.07) is 1.55. The summed E-state index contributed by atoms with van der Waals surface area (Å²) < 4.78 is 0. The van der Waals surface area contributed by atoms with Gasteiger partial charge in [0.25, 0.3) is 0 Å². The molecule has 1 heterocycles. The van der Waals surface area contributed by atoms with Gasteiger partial charge in [0.1, 0.15) is 6.10 Å². The molecule has 1 aromatic heterocycles. The lowest BCUT2D eigenvalue weighted by molar-refractivity contribution is -0.118. The van der Waals surface area contributed by atoms with Crippen molar-refractivity contribution in [2.75, 3.05) is 11.2 Å². The van der Waals surface area contributed by atoms with Crippen LogP contribution in [0.3, 0.4) is 0 Å². The van der Waals surface area contributed by atoms with E-state index in [1.807, 2.05) is 0 Å². The summed E-state index contributed by atoms with van der Waals surface area (Å²) >= 11 is 5.50. The average molecular weight is 244 g/mol. The standard InChI is InChI=1S/C10H14ClN3O2/c1-6(2)9(16)14-10-12-4-3-7(13-10)8(15)5-11/h3-4,6,8,15H,5H2,1-2H3,(H,12,13,14,16)/t8-/m0/s1. The van der Waals surface area contributed by atoms with E-state index < -0.39 is 6.10 Å². The quantitative estimate of drug-likeness (QED) is 0.783. The first-order valence-corrected chi connectivity index (χ1v) is 5.46. The fourth-order valence-corrected chi connectivity index (χ4v) is 1.11. The number of alkyl halides is 1. The number of carbonyl (C=O) groups excluding carboxylic acids is 1.